The summed E-state index contributed by atoms with van der Waals surface area (Å²) in [5, 5.41) is 18.9. The topological polar surface area (TPSA) is 49.7 Å². The maximum atomic E-state index is 9.57. The number of ether oxygens (including phenoxy) is 1. The summed E-state index contributed by atoms with van der Waals surface area (Å²) in [6.07, 6.45) is 0. The van der Waals surface area contributed by atoms with E-state index >= 15 is 0 Å². The monoisotopic (exact) mass is 216 g/mol. The number of phenolic OH excluding ortho intramolecular Hbond substituents is 2. The van der Waals surface area contributed by atoms with E-state index < -0.39 is 0 Å². The second kappa shape index (κ2) is 4.14. The molecule has 0 bridgehead atoms. The Kier molecular flexibility index (Phi) is 2.68. The Morgan fingerprint density at radius 2 is 1.56 bits per heavy atom. The van der Waals surface area contributed by atoms with Gasteiger partial charge in [-0.1, -0.05) is 24.3 Å². The van der Waals surface area contributed by atoms with E-state index in [0.717, 1.165) is 5.56 Å². The third-order valence-electron chi connectivity index (χ3n) is 2.29. The molecule has 3 heteroatoms. The minimum atomic E-state index is -0.245. The van der Waals surface area contributed by atoms with Gasteiger partial charge in [0.15, 0.2) is 11.5 Å². The van der Waals surface area contributed by atoms with Crippen LogP contribution >= 0.6 is 0 Å². The van der Waals surface area contributed by atoms with E-state index in [9.17, 15) is 10.2 Å². The fraction of sp³-hybridized carbons (Fsp3) is 0.0769. The van der Waals surface area contributed by atoms with E-state index in [4.69, 9.17) is 4.74 Å². The summed E-state index contributed by atoms with van der Waals surface area (Å²) in [6, 6.07) is 12.1. The number of para-hydroxylation sites is 2. The van der Waals surface area contributed by atoms with Crippen molar-refractivity contribution in [3.05, 3.63) is 48.0 Å². The predicted octanol–water partition coefficient (Wildman–Crippen LogP) is 3.20. The highest BCUT2D eigenvalue weighted by atomic mass is 16.5. The number of benzene rings is 2. The van der Waals surface area contributed by atoms with Gasteiger partial charge in [0.05, 0.1) is 0 Å². The molecule has 0 radical (unpaired) electrons. The van der Waals surface area contributed by atoms with Gasteiger partial charge in [-0.05, 0) is 30.7 Å². The summed E-state index contributed by atoms with van der Waals surface area (Å²) >= 11 is 0. The van der Waals surface area contributed by atoms with Crippen LogP contribution in [0.3, 0.4) is 0 Å². The molecule has 16 heavy (non-hydrogen) atoms. The Hall–Kier alpha value is -2.16. The van der Waals surface area contributed by atoms with Gasteiger partial charge in [-0.15, -0.1) is 0 Å². The average molecular weight is 216 g/mol. The summed E-state index contributed by atoms with van der Waals surface area (Å²) in [4.78, 5) is 0. The molecule has 0 atom stereocenters. The lowest BCUT2D eigenvalue weighted by molar-refractivity contribution is 0.372. The summed E-state index contributed by atoms with van der Waals surface area (Å²) in [6.45, 7) is 1.91. The Labute approximate surface area is 93.6 Å². The maximum absolute atomic E-state index is 9.57. The van der Waals surface area contributed by atoms with Crippen LogP contribution in [0.1, 0.15) is 5.56 Å². The largest absolute Gasteiger partial charge is 0.504 e. The maximum Gasteiger partial charge on any atom is 0.201 e. The predicted molar refractivity (Wildman–Crippen MR) is 61.0 cm³/mol. The molecular weight excluding hydrogens is 204 g/mol. The van der Waals surface area contributed by atoms with Crippen LogP contribution in [0.2, 0.25) is 0 Å². The molecule has 2 aromatic rings. The Morgan fingerprint density at radius 1 is 0.875 bits per heavy atom. The molecular formula is C13H12O3. The highest BCUT2D eigenvalue weighted by molar-refractivity contribution is 5.51. The number of rotatable bonds is 2. The molecule has 0 unspecified atom stereocenters. The fourth-order valence-corrected chi connectivity index (χ4v) is 1.38. The van der Waals surface area contributed by atoms with Crippen LogP contribution in [0.25, 0.3) is 0 Å². The van der Waals surface area contributed by atoms with Crippen molar-refractivity contribution in [3.63, 3.8) is 0 Å². The third kappa shape index (κ3) is 1.93. The van der Waals surface area contributed by atoms with Gasteiger partial charge in [0, 0.05) is 0 Å². The van der Waals surface area contributed by atoms with Crippen molar-refractivity contribution in [2.24, 2.45) is 0 Å². The lowest BCUT2D eigenvalue weighted by Crippen LogP contribution is -1.87. The third-order valence-corrected chi connectivity index (χ3v) is 2.29. The van der Waals surface area contributed by atoms with Crippen molar-refractivity contribution in [2.45, 2.75) is 6.92 Å². The van der Waals surface area contributed by atoms with Gasteiger partial charge in [-0.3, -0.25) is 0 Å². The van der Waals surface area contributed by atoms with Gasteiger partial charge in [-0.2, -0.15) is 0 Å². The molecule has 3 nitrogen and oxygen atoms in total. The van der Waals surface area contributed by atoms with E-state index in [0.29, 0.717) is 5.75 Å². The smallest absolute Gasteiger partial charge is 0.201 e. The number of phenols is 2. The number of hydrogen-bond acceptors (Lipinski definition) is 3. The Balaban J connectivity index is 2.35. The minimum absolute atomic E-state index is 0.189. The summed E-state index contributed by atoms with van der Waals surface area (Å²) in [5.41, 5.74) is 0.963. The molecule has 0 aliphatic rings. The average Bonchev–Trinajstić information content (AvgIpc) is 2.28. The molecule has 82 valence electrons. The number of aryl methyl sites for hydroxylation is 1. The van der Waals surface area contributed by atoms with Crippen molar-refractivity contribution < 1.29 is 14.9 Å². The van der Waals surface area contributed by atoms with E-state index in [1.165, 1.54) is 6.07 Å². The van der Waals surface area contributed by atoms with Crippen LogP contribution < -0.4 is 4.74 Å². The standard InChI is InChI=1S/C13H12O3/c1-9-5-2-3-7-11(9)16-12-8-4-6-10(14)13(12)15/h2-8,14-15H,1H3. The van der Waals surface area contributed by atoms with Crippen molar-refractivity contribution in [2.75, 3.05) is 0 Å². The second-order valence-electron chi connectivity index (χ2n) is 3.49. The highest BCUT2D eigenvalue weighted by Gasteiger charge is 2.08. The first kappa shape index (κ1) is 10.4. The zero-order chi connectivity index (χ0) is 11.5. The van der Waals surface area contributed by atoms with Crippen LogP contribution in [-0.2, 0) is 0 Å². The van der Waals surface area contributed by atoms with Crippen LogP contribution in [0, 0.1) is 6.92 Å². The molecule has 0 heterocycles. The molecule has 2 rings (SSSR count). The van der Waals surface area contributed by atoms with E-state index in [2.05, 4.69) is 0 Å². The molecule has 2 N–H and O–H groups in total. The van der Waals surface area contributed by atoms with Gasteiger partial charge >= 0.3 is 0 Å². The number of hydrogen-bond donors (Lipinski definition) is 2. The van der Waals surface area contributed by atoms with Crippen LogP contribution in [0.15, 0.2) is 42.5 Å². The van der Waals surface area contributed by atoms with Crippen molar-refractivity contribution in [1.29, 1.82) is 0 Å². The molecule has 0 fully saturated rings. The zero-order valence-corrected chi connectivity index (χ0v) is 8.84. The summed E-state index contributed by atoms with van der Waals surface area (Å²) < 4.78 is 5.51. The first-order valence-electron chi connectivity index (χ1n) is 4.93. The zero-order valence-electron chi connectivity index (χ0n) is 8.84. The van der Waals surface area contributed by atoms with Gasteiger partial charge < -0.3 is 14.9 Å². The van der Waals surface area contributed by atoms with Crippen LogP contribution in [-0.4, -0.2) is 10.2 Å². The SMILES string of the molecule is Cc1ccccc1Oc1cccc(O)c1O. The van der Waals surface area contributed by atoms with E-state index in [1.54, 1.807) is 18.2 Å². The number of aromatic hydroxyl groups is 2. The highest BCUT2D eigenvalue weighted by Crippen LogP contribution is 2.37. The van der Waals surface area contributed by atoms with Gasteiger partial charge in [0.2, 0.25) is 5.75 Å². The molecule has 0 amide bonds. The second-order valence-corrected chi connectivity index (χ2v) is 3.49. The molecule has 0 aromatic heterocycles. The van der Waals surface area contributed by atoms with Crippen molar-refractivity contribution in [1.82, 2.24) is 0 Å². The normalized spacial score (nSPS) is 10.1. The van der Waals surface area contributed by atoms with Crippen molar-refractivity contribution >= 4 is 0 Å². The molecule has 0 aliphatic carbocycles. The quantitative estimate of drug-likeness (QED) is 0.758. The fourth-order valence-electron chi connectivity index (χ4n) is 1.38. The first-order chi connectivity index (χ1) is 7.68. The van der Waals surface area contributed by atoms with Crippen LogP contribution in [0.5, 0.6) is 23.0 Å². The Bertz CT molecular complexity index is 506. The van der Waals surface area contributed by atoms with Gasteiger partial charge in [-0.25, -0.2) is 0 Å². The first-order valence-corrected chi connectivity index (χ1v) is 4.93. The van der Waals surface area contributed by atoms with Crippen LogP contribution in [0.4, 0.5) is 0 Å². The van der Waals surface area contributed by atoms with E-state index in [-0.39, 0.29) is 17.2 Å². The lowest BCUT2D eigenvalue weighted by Gasteiger charge is -2.10. The molecule has 0 aliphatic heterocycles. The molecule has 0 spiro atoms. The van der Waals surface area contributed by atoms with Crippen molar-refractivity contribution in [3.8, 4) is 23.0 Å². The molecule has 0 saturated carbocycles. The van der Waals surface area contributed by atoms with E-state index in [1.807, 2.05) is 25.1 Å². The molecule has 2 aromatic carbocycles. The summed E-state index contributed by atoms with van der Waals surface area (Å²) in [7, 11) is 0. The Morgan fingerprint density at radius 3 is 2.31 bits per heavy atom. The summed E-state index contributed by atoms with van der Waals surface area (Å²) in [5.74, 6) is 0.467. The lowest BCUT2D eigenvalue weighted by atomic mass is 10.2. The van der Waals surface area contributed by atoms with Gasteiger partial charge in [0.25, 0.3) is 0 Å². The minimum Gasteiger partial charge on any atom is -0.504 e. The van der Waals surface area contributed by atoms with Gasteiger partial charge in [0.1, 0.15) is 5.75 Å². The molecule has 0 saturated heterocycles.